The first-order valence-corrected chi connectivity index (χ1v) is 7.91. The summed E-state index contributed by atoms with van der Waals surface area (Å²) in [5, 5.41) is 3.32. The van der Waals surface area contributed by atoms with Crippen LogP contribution in [-0.4, -0.2) is 58.4 Å². The number of ether oxygens (including phenoxy) is 2. The minimum atomic E-state index is -0.245. The molecule has 0 spiro atoms. The Balaban J connectivity index is 1.88. The highest BCUT2D eigenvalue weighted by Gasteiger charge is 2.19. The summed E-state index contributed by atoms with van der Waals surface area (Å²) >= 11 is 0. The van der Waals surface area contributed by atoms with E-state index in [0.717, 1.165) is 37.7 Å². The van der Waals surface area contributed by atoms with Gasteiger partial charge in [-0.2, -0.15) is 0 Å². The maximum Gasteiger partial charge on any atom is 0.193 e. The number of aliphatic imine (C=N–C) groups is 1. The Morgan fingerprint density at radius 1 is 1.48 bits per heavy atom. The highest BCUT2D eigenvalue weighted by atomic mass is 19.1. The molecule has 23 heavy (non-hydrogen) atoms. The lowest BCUT2D eigenvalue weighted by molar-refractivity contribution is 0.105. The van der Waals surface area contributed by atoms with E-state index in [4.69, 9.17) is 9.47 Å². The maximum absolute atomic E-state index is 13.0. The normalized spacial score (nSPS) is 19.7. The number of guanidine groups is 1. The van der Waals surface area contributed by atoms with E-state index in [9.17, 15) is 4.39 Å². The number of nitrogens with one attached hydrogen (secondary N) is 1. The molecule has 0 amide bonds. The molecular weight excluding hydrogens is 297 g/mol. The average molecular weight is 323 g/mol. The van der Waals surface area contributed by atoms with Crippen LogP contribution in [0.1, 0.15) is 18.1 Å². The van der Waals surface area contributed by atoms with Crippen LogP contribution in [0.3, 0.4) is 0 Å². The molecule has 0 saturated carbocycles. The van der Waals surface area contributed by atoms with Crippen molar-refractivity contribution in [2.24, 2.45) is 10.9 Å². The van der Waals surface area contributed by atoms with E-state index in [-0.39, 0.29) is 11.9 Å². The van der Waals surface area contributed by atoms with Crippen LogP contribution in [0.4, 0.5) is 4.39 Å². The van der Waals surface area contributed by atoms with Gasteiger partial charge in [0.2, 0.25) is 0 Å². The largest absolute Gasteiger partial charge is 0.381 e. The van der Waals surface area contributed by atoms with Crippen LogP contribution in [0, 0.1) is 11.7 Å². The predicted molar refractivity (Wildman–Crippen MR) is 89.1 cm³/mol. The van der Waals surface area contributed by atoms with Crippen LogP contribution in [0.2, 0.25) is 0 Å². The smallest absolute Gasteiger partial charge is 0.193 e. The van der Waals surface area contributed by atoms with Crippen LogP contribution in [0.5, 0.6) is 0 Å². The second-order valence-corrected chi connectivity index (χ2v) is 5.81. The monoisotopic (exact) mass is 323 g/mol. The molecule has 2 unspecified atom stereocenters. The van der Waals surface area contributed by atoms with E-state index in [1.165, 1.54) is 12.1 Å². The number of hydrogen-bond donors (Lipinski definition) is 1. The standard InChI is InChI=1S/C17H26FN3O2/c1-19-17(21(2)11-13-8-9-23-12-13)20-10-16(22-3)14-4-6-15(18)7-5-14/h4-7,13,16H,8-12H2,1-3H3,(H,19,20). The molecule has 1 heterocycles. The fourth-order valence-corrected chi connectivity index (χ4v) is 2.78. The number of nitrogens with zero attached hydrogens (tertiary/aromatic N) is 2. The Bertz CT molecular complexity index is 501. The van der Waals surface area contributed by atoms with Crippen LogP contribution < -0.4 is 5.32 Å². The van der Waals surface area contributed by atoms with Crippen LogP contribution in [-0.2, 0) is 9.47 Å². The zero-order valence-electron chi connectivity index (χ0n) is 14.1. The second-order valence-electron chi connectivity index (χ2n) is 5.81. The molecular formula is C17H26FN3O2. The zero-order valence-corrected chi connectivity index (χ0v) is 14.1. The molecule has 0 bridgehead atoms. The lowest BCUT2D eigenvalue weighted by Crippen LogP contribution is -2.43. The van der Waals surface area contributed by atoms with E-state index in [0.29, 0.717) is 12.5 Å². The van der Waals surface area contributed by atoms with Gasteiger partial charge in [0, 0.05) is 46.8 Å². The van der Waals surface area contributed by atoms with E-state index < -0.39 is 0 Å². The molecule has 128 valence electrons. The van der Waals surface area contributed by atoms with Crippen molar-refractivity contribution in [1.82, 2.24) is 10.2 Å². The van der Waals surface area contributed by atoms with Gasteiger partial charge in [0.05, 0.1) is 12.7 Å². The first-order chi connectivity index (χ1) is 11.1. The van der Waals surface area contributed by atoms with Gasteiger partial charge in [0.25, 0.3) is 0 Å². The molecule has 0 radical (unpaired) electrons. The van der Waals surface area contributed by atoms with Gasteiger partial charge in [-0.05, 0) is 24.1 Å². The Hall–Kier alpha value is -1.66. The van der Waals surface area contributed by atoms with Gasteiger partial charge in [-0.3, -0.25) is 4.99 Å². The summed E-state index contributed by atoms with van der Waals surface area (Å²) in [4.78, 5) is 6.43. The van der Waals surface area contributed by atoms with Crippen molar-refractivity contribution in [2.45, 2.75) is 12.5 Å². The molecule has 1 aromatic carbocycles. The third-order valence-electron chi connectivity index (χ3n) is 4.10. The van der Waals surface area contributed by atoms with E-state index >= 15 is 0 Å². The molecule has 2 atom stereocenters. The molecule has 6 heteroatoms. The second kappa shape index (κ2) is 8.84. The number of methoxy groups -OCH3 is 1. The maximum atomic E-state index is 13.0. The molecule has 1 N–H and O–H groups in total. The van der Waals surface area contributed by atoms with Crippen molar-refractivity contribution in [3.05, 3.63) is 35.6 Å². The van der Waals surface area contributed by atoms with E-state index in [1.54, 1.807) is 26.3 Å². The first kappa shape index (κ1) is 17.7. The Kier molecular flexibility index (Phi) is 6.80. The number of halogens is 1. The van der Waals surface area contributed by atoms with Gasteiger partial charge in [-0.15, -0.1) is 0 Å². The predicted octanol–water partition coefficient (Wildman–Crippen LogP) is 2.06. The number of rotatable bonds is 6. The molecule has 0 aliphatic carbocycles. The van der Waals surface area contributed by atoms with Crippen molar-refractivity contribution in [3.63, 3.8) is 0 Å². The summed E-state index contributed by atoms with van der Waals surface area (Å²) in [7, 11) is 5.44. The van der Waals surface area contributed by atoms with Crippen LogP contribution in [0.25, 0.3) is 0 Å². The van der Waals surface area contributed by atoms with Gasteiger partial charge in [-0.1, -0.05) is 12.1 Å². The molecule has 1 aliphatic heterocycles. The van der Waals surface area contributed by atoms with Crippen LogP contribution in [0.15, 0.2) is 29.3 Å². The molecule has 1 aliphatic rings. The number of hydrogen-bond acceptors (Lipinski definition) is 3. The molecule has 1 aromatic rings. The van der Waals surface area contributed by atoms with E-state index in [2.05, 4.69) is 15.2 Å². The van der Waals surface area contributed by atoms with Gasteiger partial charge < -0.3 is 19.7 Å². The quantitative estimate of drug-likeness (QED) is 0.643. The Morgan fingerprint density at radius 3 is 2.78 bits per heavy atom. The fraction of sp³-hybridized carbons (Fsp3) is 0.588. The number of benzene rings is 1. The third-order valence-corrected chi connectivity index (χ3v) is 4.10. The molecule has 2 rings (SSSR count). The fourth-order valence-electron chi connectivity index (χ4n) is 2.78. The third kappa shape index (κ3) is 5.18. The minimum Gasteiger partial charge on any atom is -0.381 e. The Morgan fingerprint density at radius 2 is 2.22 bits per heavy atom. The van der Waals surface area contributed by atoms with Crippen molar-refractivity contribution < 1.29 is 13.9 Å². The molecule has 5 nitrogen and oxygen atoms in total. The highest BCUT2D eigenvalue weighted by molar-refractivity contribution is 5.79. The lowest BCUT2D eigenvalue weighted by atomic mass is 10.1. The van der Waals surface area contributed by atoms with Crippen molar-refractivity contribution in [3.8, 4) is 0 Å². The molecule has 1 saturated heterocycles. The van der Waals surface area contributed by atoms with Crippen LogP contribution >= 0.6 is 0 Å². The van der Waals surface area contributed by atoms with Crippen molar-refractivity contribution >= 4 is 5.96 Å². The summed E-state index contributed by atoms with van der Waals surface area (Å²) in [6.07, 6.45) is 0.938. The average Bonchev–Trinajstić information content (AvgIpc) is 3.06. The van der Waals surface area contributed by atoms with Crippen molar-refractivity contribution in [2.75, 3.05) is 47.5 Å². The van der Waals surface area contributed by atoms with Gasteiger partial charge >= 0.3 is 0 Å². The summed E-state index contributed by atoms with van der Waals surface area (Å²) in [6, 6.07) is 6.38. The topological polar surface area (TPSA) is 46.1 Å². The summed E-state index contributed by atoms with van der Waals surface area (Å²) in [5.41, 5.74) is 0.934. The Labute approximate surface area is 137 Å². The summed E-state index contributed by atoms with van der Waals surface area (Å²) < 4.78 is 24.0. The van der Waals surface area contributed by atoms with Gasteiger partial charge in [0.15, 0.2) is 5.96 Å². The van der Waals surface area contributed by atoms with Crippen molar-refractivity contribution in [1.29, 1.82) is 0 Å². The van der Waals surface area contributed by atoms with Gasteiger partial charge in [-0.25, -0.2) is 4.39 Å². The minimum absolute atomic E-state index is 0.157. The summed E-state index contributed by atoms with van der Waals surface area (Å²) in [5.74, 6) is 1.13. The zero-order chi connectivity index (χ0) is 16.7. The SMILES string of the molecule is CN=C(NCC(OC)c1ccc(F)cc1)N(C)CC1CCOC1. The summed E-state index contributed by atoms with van der Waals surface area (Å²) in [6.45, 7) is 3.15. The first-order valence-electron chi connectivity index (χ1n) is 7.91. The van der Waals surface area contributed by atoms with E-state index in [1.807, 2.05) is 7.05 Å². The lowest BCUT2D eigenvalue weighted by Gasteiger charge is -2.26. The van der Waals surface area contributed by atoms with Gasteiger partial charge in [0.1, 0.15) is 5.82 Å². The molecule has 0 aromatic heterocycles. The molecule has 1 fully saturated rings. The highest BCUT2D eigenvalue weighted by Crippen LogP contribution is 2.17.